The number of carbonyl (C=O) groups is 1. The summed E-state index contributed by atoms with van der Waals surface area (Å²) >= 11 is 0. The highest BCUT2D eigenvalue weighted by Crippen LogP contribution is 2.26. The summed E-state index contributed by atoms with van der Waals surface area (Å²) < 4.78 is 0. The number of hydrogen-bond donors (Lipinski definition) is 1. The molecule has 1 aromatic rings. The maximum atomic E-state index is 11.8. The Balaban J connectivity index is 1.71. The molecule has 0 atom stereocenters. The molecule has 3 rings (SSSR count). The van der Waals surface area contributed by atoms with E-state index in [1.807, 2.05) is 4.90 Å². The average Bonchev–Trinajstić information content (AvgIpc) is 2.54. The smallest absolute Gasteiger partial charge is 0.246 e. The molecule has 2 aliphatic rings. The molecular weight excluding hydrogens is 260 g/mol. The minimum atomic E-state index is 0.0336. The molecule has 0 spiro atoms. The van der Waals surface area contributed by atoms with Crippen LogP contribution in [0.25, 0.3) is 0 Å². The number of rotatable bonds is 3. The fourth-order valence-electron chi connectivity index (χ4n) is 3.45. The standard InChI is InChI=1S/C18H24N2O/c1-2-18(21)20-11-10-14-8-9-17(12-15(14)13-20)19-16-6-4-3-5-7-16/h2,8-9,12,16,19H,1,3-7,10-11,13H2. The first-order valence-corrected chi connectivity index (χ1v) is 8.06. The van der Waals surface area contributed by atoms with Crippen molar-refractivity contribution in [3.05, 3.63) is 42.0 Å². The van der Waals surface area contributed by atoms with Crippen LogP contribution in [0.4, 0.5) is 5.69 Å². The normalized spacial score (nSPS) is 19.0. The molecule has 21 heavy (non-hydrogen) atoms. The monoisotopic (exact) mass is 284 g/mol. The average molecular weight is 284 g/mol. The molecule has 0 unspecified atom stereocenters. The molecule has 0 bridgehead atoms. The third-order valence-corrected chi connectivity index (χ3v) is 4.68. The van der Waals surface area contributed by atoms with Crippen molar-refractivity contribution in [2.24, 2.45) is 0 Å². The minimum Gasteiger partial charge on any atom is -0.382 e. The van der Waals surface area contributed by atoms with Gasteiger partial charge in [-0.25, -0.2) is 0 Å². The van der Waals surface area contributed by atoms with Crippen LogP contribution in [-0.4, -0.2) is 23.4 Å². The van der Waals surface area contributed by atoms with Crippen molar-refractivity contribution in [2.45, 2.75) is 51.1 Å². The van der Waals surface area contributed by atoms with Gasteiger partial charge in [-0.15, -0.1) is 0 Å². The summed E-state index contributed by atoms with van der Waals surface area (Å²) in [5.74, 6) is 0.0336. The van der Waals surface area contributed by atoms with Gasteiger partial charge in [0.25, 0.3) is 0 Å². The number of nitrogens with zero attached hydrogens (tertiary/aromatic N) is 1. The maximum Gasteiger partial charge on any atom is 0.246 e. The predicted molar refractivity (Wildman–Crippen MR) is 86.3 cm³/mol. The zero-order valence-corrected chi connectivity index (χ0v) is 12.6. The Kier molecular flexibility index (Phi) is 4.28. The second kappa shape index (κ2) is 6.33. The van der Waals surface area contributed by atoms with Crippen LogP contribution in [0.1, 0.15) is 43.2 Å². The molecule has 1 aliphatic carbocycles. The summed E-state index contributed by atoms with van der Waals surface area (Å²) in [6.07, 6.45) is 8.96. The van der Waals surface area contributed by atoms with Gasteiger partial charge in [0, 0.05) is 24.8 Å². The number of hydrogen-bond acceptors (Lipinski definition) is 2. The van der Waals surface area contributed by atoms with Gasteiger partial charge < -0.3 is 10.2 Å². The number of fused-ring (bicyclic) bond motifs is 1. The van der Waals surface area contributed by atoms with Gasteiger partial charge in [-0.2, -0.15) is 0 Å². The lowest BCUT2D eigenvalue weighted by molar-refractivity contribution is -0.126. The van der Waals surface area contributed by atoms with Crippen LogP contribution in [0.15, 0.2) is 30.9 Å². The van der Waals surface area contributed by atoms with Gasteiger partial charge in [0.15, 0.2) is 0 Å². The van der Waals surface area contributed by atoms with Crippen LogP contribution in [0, 0.1) is 0 Å². The second-order valence-electron chi connectivity index (χ2n) is 6.18. The van der Waals surface area contributed by atoms with Gasteiger partial charge in [0.2, 0.25) is 5.91 Å². The van der Waals surface area contributed by atoms with Crippen LogP contribution in [0.2, 0.25) is 0 Å². The molecule has 1 saturated carbocycles. The van der Waals surface area contributed by atoms with Gasteiger partial charge in [0.05, 0.1) is 0 Å². The van der Waals surface area contributed by atoms with Crippen LogP contribution < -0.4 is 5.32 Å². The van der Waals surface area contributed by atoms with E-state index in [1.54, 1.807) is 0 Å². The van der Waals surface area contributed by atoms with Gasteiger partial charge in [-0.1, -0.05) is 31.9 Å². The highest BCUT2D eigenvalue weighted by atomic mass is 16.2. The Bertz CT molecular complexity index is 532. The van der Waals surface area contributed by atoms with E-state index in [2.05, 4.69) is 30.1 Å². The van der Waals surface area contributed by atoms with E-state index in [9.17, 15) is 4.79 Å². The molecule has 1 fully saturated rings. The fourth-order valence-corrected chi connectivity index (χ4v) is 3.45. The number of amides is 1. The molecule has 0 aromatic heterocycles. The molecule has 3 nitrogen and oxygen atoms in total. The molecule has 3 heteroatoms. The first-order valence-electron chi connectivity index (χ1n) is 8.06. The molecule has 0 saturated heterocycles. The van der Waals surface area contributed by atoms with Crippen LogP contribution in [0.3, 0.4) is 0 Å². The van der Waals surface area contributed by atoms with E-state index in [0.29, 0.717) is 12.6 Å². The molecule has 1 amide bonds. The number of carbonyl (C=O) groups excluding carboxylic acids is 1. The zero-order chi connectivity index (χ0) is 14.7. The Morgan fingerprint density at radius 2 is 2.05 bits per heavy atom. The van der Waals surface area contributed by atoms with Crippen molar-refractivity contribution >= 4 is 11.6 Å². The molecule has 1 heterocycles. The van der Waals surface area contributed by atoms with E-state index in [-0.39, 0.29) is 5.91 Å². The lowest BCUT2D eigenvalue weighted by Gasteiger charge is -2.29. The van der Waals surface area contributed by atoms with Gasteiger partial charge in [-0.3, -0.25) is 4.79 Å². The Morgan fingerprint density at radius 1 is 1.24 bits per heavy atom. The van der Waals surface area contributed by atoms with E-state index >= 15 is 0 Å². The molecule has 1 aromatic carbocycles. The number of anilines is 1. The van der Waals surface area contributed by atoms with Gasteiger partial charge >= 0.3 is 0 Å². The van der Waals surface area contributed by atoms with Crippen LogP contribution >= 0.6 is 0 Å². The number of benzene rings is 1. The first kappa shape index (κ1) is 14.2. The van der Waals surface area contributed by atoms with Crippen molar-refractivity contribution in [2.75, 3.05) is 11.9 Å². The predicted octanol–water partition coefficient (Wildman–Crippen LogP) is 3.50. The minimum absolute atomic E-state index is 0.0336. The lowest BCUT2D eigenvalue weighted by Crippen LogP contribution is -2.34. The number of nitrogens with one attached hydrogen (secondary N) is 1. The summed E-state index contributed by atoms with van der Waals surface area (Å²) in [4.78, 5) is 13.6. The first-order chi connectivity index (χ1) is 10.3. The summed E-state index contributed by atoms with van der Waals surface area (Å²) in [5.41, 5.74) is 3.85. The zero-order valence-electron chi connectivity index (χ0n) is 12.6. The van der Waals surface area contributed by atoms with E-state index in [1.165, 1.54) is 55.0 Å². The third kappa shape index (κ3) is 3.29. The molecular formula is C18H24N2O. The summed E-state index contributed by atoms with van der Waals surface area (Å²) in [5, 5.41) is 3.67. The van der Waals surface area contributed by atoms with Gasteiger partial charge in [0.1, 0.15) is 0 Å². The molecule has 112 valence electrons. The van der Waals surface area contributed by atoms with Gasteiger partial charge in [-0.05, 0) is 48.6 Å². The van der Waals surface area contributed by atoms with E-state index in [0.717, 1.165) is 13.0 Å². The molecule has 1 aliphatic heterocycles. The Morgan fingerprint density at radius 3 is 2.81 bits per heavy atom. The van der Waals surface area contributed by atoms with Crippen molar-refractivity contribution < 1.29 is 4.79 Å². The largest absolute Gasteiger partial charge is 0.382 e. The quantitative estimate of drug-likeness (QED) is 0.862. The third-order valence-electron chi connectivity index (χ3n) is 4.68. The van der Waals surface area contributed by atoms with Crippen molar-refractivity contribution in [3.63, 3.8) is 0 Å². The van der Waals surface area contributed by atoms with Crippen LogP contribution in [0.5, 0.6) is 0 Å². The fraction of sp³-hybridized carbons (Fsp3) is 0.500. The summed E-state index contributed by atoms with van der Waals surface area (Å²) in [7, 11) is 0. The van der Waals surface area contributed by atoms with E-state index < -0.39 is 0 Å². The van der Waals surface area contributed by atoms with E-state index in [4.69, 9.17) is 0 Å². The SMILES string of the molecule is C=CC(=O)N1CCc2ccc(NC3CCCCC3)cc2C1. The lowest BCUT2D eigenvalue weighted by atomic mass is 9.94. The second-order valence-corrected chi connectivity index (χ2v) is 6.18. The van der Waals surface area contributed by atoms with Crippen molar-refractivity contribution in [3.8, 4) is 0 Å². The molecule has 0 radical (unpaired) electrons. The summed E-state index contributed by atoms with van der Waals surface area (Å²) in [6.45, 7) is 5.09. The summed E-state index contributed by atoms with van der Waals surface area (Å²) in [6, 6.07) is 7.26. The highest BCUT2D eigenvalue weighted by Gasteiger charge is 2.20. The van der Waals surface area contributed by atoms with Crippen molar-refractivity contribution in [1.82, 2.24) is 4.90 Å². The Labute approximate surface area is 127 Å². The Hall–Kier alpha value is -1.77. The maximum absolute atomic E-state index is 11.8. The van der Waals surface area contributed by atoms with Crippen LogP contribution in [-0.2, 0) is 17.8 Å². The molecule has 1 N–H and O–H groups in total. The highest BCUT2D eigenvalue weighted by molar-refractivity contribution is 5.87. The topological polar surface area (TPSA) is 32.3 Å². The van der Waals surface area contributed by atoms with Crippen molar-refractivity contribution in [1.29, 1.82) is 0 Å².